The average Bonchev–Trinajstić information content (AvgIpc) is 3.48. The molecule has 3 aromatic rings. The van der Waals surface area contributed by atoms with Gasteiger partial charge in [0.25, 0.3) is 0 Å². The second-order valence-corrected chi connectivity index (χ2v) is 9.33. The van der Waals surface area contributed by atoms with Gasteiger partial charge in [-0.2, -0.15) is 0 Å². The molecular formula is C25H28N6O2. The van der Waals surface area contributed by atoms with Crippen molar-refractivity contribution < 1.29 is 9.53 Å². The van der Waals surface area contributed by atoms with E-state index in [1.807, 2.05) is 18.6 Å². The molecule has 0 saturated heterocycles. The molecule has 1 unspecified atom stereocenters. The quantitative estimate of drug-likeness (QED) is 0.666. The number of ether oxygens (including phenoxy) is 1. The molecule has 1 atom stereocenters. The predicted octanol–water partition coefficient (Wildman–Crippen LogP) is 3.01. The molecule has 0 radical (unpaired) electrons. The fourth-order valence-corrected chi connectivity index (χ4v) is 5.24. The van der Waals surface area contributed by atoms with Gasteiger partial charge in [-0.25, -0.2) is 19.7 Å². The first-order valence-corrected chi connectivity index (χ1v) is 11.8. The van der Waals surface area contributed by atoms with Crippen LogP contribution in [0.2, 0.25) is 0 Å². The Balaban J connectivity index is 1.02. The SMILES string of the molecule is O=C(OCC1CCc2nccn2C1)N1CCc2nc(NC3Cc4ccccc4C3)ncc2C1. The maximum atomic E-state index is 12.7. The number of carbonyl (C=O) groups excluding carboxylic acids is 1. The summed E-state index contributed by atoms with van der Waals surface area (Å²) in [7, 11) is 0. The van der Waals surface area contributed by atoms with E-state index in [1.54, 1.807) is 4.90 Å². The highest BCUT2D eigenvalue weighted by Gasteiger charge is 2.27. The van der Waals surface area contributed by atoms with Crippen LogP contribution in [0, 0.1) is 5.92 Å². The normalized spacial score (nSPS) is 19.5. The minimum absolute atomic E-state index is 0.247. The summed E-state index contributed by atoms with van der Waals surface area (Å²) in [6, 6.07) is 8.91. The van der Waals surface area contributed by atoms with Crippen LogP contribution in [0.5, 0.6) is 0 Å². The van der Waals surface area contributed by atoms with E-state index < -0.39 is 0 Å². The summed E-state index contributed by atoms with van der Waals surface area (Å²) in [5.41, 5.74) is 4.83. The molecule has 3 aliphatic rings. The van der Waals surface area contributed by atoms with E-state index in [2.05, 4.69) is 44.1 Å². The molecule has 0 bridgehead atoms. The van der Waals surface area contributed by atoms with Crippen molar-refractivity contribution in [1.82, 2.24) is 24.4 Å². The monoisotopic (exact) mass is 444 g/mol. The average molecular weight is 445 g/mol. The summed E-state index contributed by atoms with van der Waals surface area (Å²) >= 11 is 0. The first-order chi connectivity index (χ1) is 16.2. The van der Waals surface area contributed by atoms with Crippen LogP contribution in [-0.2, 0) is 43.5 Å². The lowest BCUT2D eigenvalue weighted by molar-refractivity contribution is 0.0764. The third-order valence-corrected chi connectivity index (χ3v) is 7.05. The molecule has 2 aromatic heterocycles. The van der Waals surface area contributed by atoms with Crippen molar-refractivity contribution in [3.63, 3.8) is 0 Å². The first-order valence-electron chi connectivity index (χ1n) is 11.8. The topological polar surface area (TPSA) is 85.2 Å². The van der Waals surface area contributed by atoms with Gasteiger partial charge >= 0.3 is 6.09 Å². The number of fused-ring (bicyclic) bond motifs is 3. The molecule has 6 rings (SSSR count). The molecule has 8 heteroatoms. The largest absolute Gasteiger partial charge is 0.449 e. The third-order valence-electron chi connectivity index (χ3n) is 7.05. The molecule has 1 aromatic carbocycles. The predicted molar refractivity (Wildman–Crippen MR) is 123 cm³/mol. The van der Waals surface area contributed by atoms with E-state index >= 15 is 0 Å². The summed E-state index contributed by atoms with van der Waals surface area (Å²) in [6.45, 7) is 2.43. The zero-order valence-corrected chi connectivity index (χ0v) is 18.6. The number of carbonyl (C=O) groups is 1. The van der Waals surface area contributed by atoms with Gasteiger partial charge in [-0.05, 0) is 30.4 Å². The lowest BCUT2D eigenvalue weighted by Crippen LogP contribution is -2.38. The van der Waals surface area contributed by atoms with Crippen molar-refractivity contribution in [2.45, 2.75) is 51.2 Å². The van der Waals surface area contributed by atoms with Crippen molar-refractivity contribution in [1.29, 1.82) is 0 Å². The number of nitrogens with zero attached hydrogens (tertiary/aromatic N) is 5. The first kappa shape index (κ1) is 20.2. The molecule has 170 valence electrons. The van der Waals surface area contributed by atoms with E-state index in [4.69, 9.17) is 9.72 Å². The van der Waals surface area contributed by atoms with Gasteiger partial charge in [0.05, 0.1) is 18.8 Å². The second-order valence-electron chi connectivity index (χ2n) is 9.33. The van der Waals surface area contributed by atoms with Crippen molar-refractivity contribution in [3.05, 3.63) is 71.1 Å². The number of hydrogen-bond acceptors (Lipinski definition) is 6. The Bertz CT molecular complexity index is 1150. The highest BCUT2D eigenvalue weighted by Crippen LogP contribution is 2.25. The maximum absolute atomic E-state index is 12.7. The summed E-state index contributed by atoms with van der Waals surface area (Å²) in [4.78, 5) is 28.1. The molecule has 0 saturated carbocycles. The van der Waals surface area contributed by atoms with Crippen LogP contribution in [0.4, 0.5) is 10.7 Å². The Morgan fingerprint density at radius 2 is 1.97 bits per heavy atom. The number of benzene rings is 1. The Labute approximate surface area is 193 Å². The van der Waals surface area contributed by atoms with Gasteiger partial charge in [-0.1, -0.05) is 24.3 Å². The van der Waals surface area contributed by atoms with Crippen LogP contribution in [-0.4, -0.2) is 49.7 Å². The van der Waals surface area contributed by atoms with E-state index in [1.165, 1.54) is 11.1 Å². The Morgan fingerprint density at radius 3 is 2.82 bits per heavy atom. The minimum atomic E-state index is -0.247. The van der Waals surface area contributed by atoms with Gasteiger partial charge in [-0.15, -0.1) is 0 Å². The molecule has 0 spiro atoms. The number of amides is 1. The maximum Gasteiger partial charge on any atom is 0.410 e. The molecule has 4 heterocycles. The molecule has 0 fully saturated rings. The number of hydrogen-bond donors (Lipinski definition) is 1. The van der Waals surface area contributed by atoms with E-state index in [0.717, 1.165) is 49.3 Å². The summed E-state index contributed by atoms with van der Waals surface area (Å²) in [5, 5.41) is 3.50. The van der Waals surface area contributed by atoms with Crippen molar-refractivity contribution >= 4 is 12.0 Å². The number of anilines is 1. The second kappa shape index (κ2) is 8.50. The fourth-order valence-electron chi connectivity index (χ4n) is 5.24. The van der Waals surface area contributed by atoms with Gasteiger partial charge in [0, 0.05) is 62.0 Å². The van der Waals surface area contributed by atoms with Gasteiger partial charge in [0.1, 0.15) is 5.82 Å². The number of aryl methyl sites for hydroxylation is 1. The molecule has 1 amide bonds. The van der Waals surface area contributed by atoms with Gasteiger partial charge in [0.2, 0.25) is 5.95 Å². The van der Waals surface area contributed by atoms with Crippen LogP contribution in [0.3, 0.4) is 0 Å². The molecular weight excluding hydrogens is 416 g/mol. The number of imidazole rings is 1. The van der Waals surface area contributed by atoms with E-state index in [0.29, 0.717) is 44.0 Å². The number of rotatable bonds is 4. The van der Waals surface area contributed by atoms with Crippen molar-refractivity contribution in [2.24, 2.45) is 5.92 Å². The fraction of sp³-hybridized carbons (Fsp3) is 0.440. The van der Waals surface area contributed by atoms with Gasteiger partial charge < -0.3 is 19.5 Å². The standard InChI is InChI=1S/C25H28N6O2/c32-25(33-16-17-5-6-23-26-8-10-30(23)14-17)31-9-7-22-20(15-31)13-27-24(29-22)28-21-11-18-3-1-2-4-19(18)12-21/h1-4,8,10,13,17,21H,5-7,9,11-12,14-16H2,(H,27,28,29). The highest BCUT2D eigenvalue weighted by atomic mass is 16.6. The Morgan fingerprint density at radius 1 is 1.12 bits per heavy atom. The lowest BCUT2D eigenvalue weighted by atomic mass is 10.0. The number of aromatic nitrogens is 4. The molecule has 8 nitrogen and oxygen atoms in total. The van der Waals surface area contributed by atoms with Crippen molar-refractivity contribution in [3.8, 4) is 0 Å². The van der Waals surface area contributed by atoms with Gasteiger partial charge in [-0.3, -0.25) is 0 Å². The van der Waals surface area contributed by atoms with Crippen LogP contribution in [0.25, 0.3) is 0 Å². The summed E-state index contributed by atoms with van der Waals surface area (Å²) < 4.78 is 7.83. The molecule has 1 N–H and O–H groups in total. The molecule has 1 aliphatic carbocycles. The van der Waals surface area contributed by atoms with E-state index in [9.17, 15) is 4.79 Å². The minimum Gasteiger partial charge on any atom is -0.449 e. The zero-order chi connectivity index (χ0) is 22.2. The summed E-state index contributed by atoms with van der Waals surface area (Å²) in [6.07, 6.45) is 10.1. The molecule has 33 heavy (non-hydrogen) atoms. The zero-order valence-electron chi connectivity index (χ0n) is 18.6. The van der Waals surface area contributed by atoms with Crippen molar-refractivity contribution in [2.75, 3.05) is 18.5 Å². The van der Waals surface area contributed by atoms with Crippen LogP contribution in [0.1, 0.15) is 34.6 Å². The van der Waals surface area contributed by atoms with Gasteiger partial charge in [0.15, 0.2) is 0 Å². The Kier molecular flexibility index (Phi) is 5.20. The molecule has 2 aliphatic heterocycles. The lowest BCUT2D eigenvalue weighted by Gasteiger charge is -2.29. The highest BCUT2D eigenvalue weighted by molar-refractivity contribution is 5.68. The smallest absolute Gasteiger partial charge is 0.410 e. The third kappa shape index (κ3) is 4.17. The number of nitrogens with one attached hydrogen (secondary N) is 1. The summed E-state index contributed by atoms with van der Waals surface area (Å²) in [5.74, 6) is 2.14. The van der Waals surface area contributed by atoms with Crippen LogP contribution >= 0.6 is 0 Å². The Hall–Kier alpha value is -3.42. The van der Waals surface area contributed by atoms with Crippen LogP contribution in [0.15, 0.2) is 42.9 Å². The van der Waals surface area contributed by atoms with Crippen LogP contribution < -0.4 is 5.32 Å². The van der Waals surface area contributed by atoms with E-state index in [-0.39, 0.29) is 6.09 Å².